The first-order valence-electron chi connectivity index (χ1n) is 7.70. The van der Waals surface area contributed by atoms with Crippen LogP contribution in [0.5, 0.6) is 0 Å². The standard InChI is InChI=1S/C16H20N4O2S/c1-12(21)10-19-6-8-20(9-7-19)16(22)14-11-23-15(18-14)13-4-2-3-5-17-13/h2-5,11-12,21H,6-10H2,1H3. The van der Waals surface area contributed by atoms with E-state index in [2.05, 4.69) is 14.9 Å². The summed E-state index contributed by atoms with van der Waals surface area (Å²) in [4.78, 5) is 25.3. The van der Waals surface area contributed by atoms with E-state index >= 15 is 0 Å². The summed E-state index contributed by atoms with van der Waals surface area (Å²) >= 11 is 1.44. The maximum absolute atomic E-state index is 12.6. The molecule has 3 heterocycles. The van der Waals surface area contributed by atoms with Crippen molar-refractivity contribution in [3.05, 3.63) is 35.5 Å². The first-order valence-corrected chi connectivity index (χ1v) is 8.58. The normalized spacial score (nSPS) is 17.2. The molecule has 0 spiro atoms. The molecule has 7 heteroatoms. The van der Waals surface area contributed by atoms with Crippen LogP contribution in [-0.2, 0) is 0 Å². The average Bonchev–Trinajstić information content (AvgIpc) is 3.05. The van der Waals surface area contributed by atoms with Crippen molar-refractivity contribution in [2.24, 2.45) is 0 Å². The van der Waals surface area contributed by atoms with Crippen LogP contribution >= 0.6 is 11.3 Å². The Labute approximate surface area is 139 Å². The van der Waals surface area contributed by atoms with Gasteiger partial charge in [-0.05, 0) is 19.1 Å². The molecule has 2 aromatic rings. The Morgan fingerprint density at radius 2 is 2.13 bits per heavy atom. The van der Waals surface area contributed by atoms with E-state index in [1.807, 2.05) is 23.1 Å². The number of hydrogen-bond donors (Lipinski definition) is 1. The number of thiazole rings is 1. The molecule has 0 aromatic carbocycles. The van der Waals surface area contributed by atoms with E-state index in [1.54, 1.807) is 18.5 Å². The molecule has 0 aliphatic carbocycles. The zero-order valence-electron chi connectivity index (χ0n) is 13.1. The van der Waals surface area contributed by atoms with Crippen LogP contribution in [-0.4, -0.2) is 69.6 Å². The Bertz CT molecular complexity index is 651. The zero-order valence-corrected chi connectivity index (χ0v) is 13.9. The molecule has 2 aromatic heterocycles. The second-order valence-corrected chi connectivity index (χ2v) is 6.55. The quantitative estimate of drug-likeness (QED) is 0.915. The molecule has 3 rings (SSSR count). The van der Waals surface area contributed by atoms with Crippen molar-refractivity contribution in [1.82, 2.24) is 19.8 Å². The number of nitrogens with zero attached hydrogens (tertiary/aromatic N) is 4. The fourth-order valence-corrected chi connectivity index (χ4v) is 3.42. The molecular weight excluding hydrogens is 312 g/mol. The third-order valence-electron chi connectivity index (χ3n) is 3.79. The molecule has 23 heavy (non-hydrogen) atoms. The average molecular weight is 332 g/mol. The van der Waals surface area contributed by atoms with Crippen LogP contribution in [0, 0.1) is 0 Å². The third kappa shape index (κ3) is 3.93. The number of carbonyl (C=O) groups excluding carboxylic acids is 1. The fourth-order valence-electron chi connectivity index (χ4n) is 2.65. The summed E-state index contributed by atoms with van der Waals surface area (Å²) in [6.07, 6.45) is 1.39. The Hall–Kier alpha value is -1.83. The van der Waals surface area contributed by atoms with Gasteiger partial charge in [-0.3, -0.25) is 14.7 Å². The summed E-state index contributed by atoms with van der Waals surface area (Å²) < 4.78 is 0. The van der Waals surface area contributed by atoms with Gasteiger partial charge in [-0.1, -0.05) is 6.07 Å². The molecule has 1 N–H and O–H groups in total. The van der Waals surface area contributed by atoms with Gasteiger partial charge in [0.1, 0.15) is 10.7 Å². The van der Waals surface area contributed by atoms with E-state index in [-0.39, 0.29) is 12.0 Å². The van der Waals surface area contributed by atoms with Gasteiger partial charge >= 0.3 is 0 Å². The molecule has 0 saturated carbocycles. The number of aliphatic hydroxyl groups is 1. The molecular formula is C16H20N4O2S. The number of piperazine rings is 1. The van der Waals surface area contributed by atoms with Crippen molar-refractivity contribution in [2.75, 3.05) is 32.7 Å². The van der Waals surface area contributed by atoms with Crippen molar-refractivity contribution in [1.29, 1.82) is 0 Å². The van der Waals surface area contributed by atoms with Crippen LogP contribution < -0.4 is 0 Å². The highest BCUT2D eigenvalue weighted by Crippen LogP contribution is 2.22. The number of β-amino-alcohol motifs (C(OH)–C–C–N with tert-alkyl or cyclic N) is 1. The topological polar surface area (TPSA) is 69.6 Å². The van der Waals surface area contributed by atoms with Crippen molar-refractivity contribution >= 4 is 17.2 Å². The van der Waals surface area contributed by atoms with Crippen LogP contribution in [0.4, 0.5) is 0 Å². The largest absolute Gasteiger partial charge is 0.392 e. The van der Waals surface area contributed by atoms with Gasteiger partial charge in [-0.15, -0.1) is 11.3 Å². The summed E-state index contributed by atoms with van der Waals surface area (Å²) in [6, 6.07) is 5.66. The number of carbonyl (C=O) groups is 1. The maximum Gasteiger partial charge on any atom is 0.273 e. The predicted octanol–water partition coefficient (Wildman–Crippen LogP) is 1.34. The monoisotopic (exact) mass is 332 g/mol. The molecule has 1 fully saturated rings. The lowest BCUT2D eigenvalue weighted by Crippen LogP contribution is -2.50. The van der Waals surface area contributed by atoms with E-state index in [0.29, 0.717) is 25.3 Å². The lowest BCUT2D eigenvalue weighted by Gasteiger charge is -2.34. The van der Waals surface area contributed by atoms with Gasteiger partial charge in [0.05, 0.1) is 11.8 Å². The van der Waals surface area contributed by atoms with Crippen LogP contribution in [0.15, 0.2) is 29.8 Å². The van der Waals surface area contributed by atoms with Gasteiger partial charge in [0.15, 0.2) is 0 Å². The van der Waals surface area contributed by atoms with Crippen LogP contribution in [0.3, 0.4) is 0 Å². The molecule has 0 bridgehead atoms. The summed E-state index contributed by atoms with van der Waals surface area (Å²) in [5.41, 5.74) is 1.28. The smallest absolute Gasteiger partial charge is 0.273 e. The van der Waals surface area contributed by atoms with Gasteiger partial charge in [0.2, 0.25) is 0 Å². The number of hydrogen-bond acceptors (Lipinski definition) is 6. The van der Waals surface area contributed by atoms with Crippen LogP contribution in [0.25, 0.3) is 10.7 Å². The van der Waals surface area contributed by atoms with E-state index in [0.717, 1.165) is 23.8 Å². The highest BCUT2D eigenvalue weighted by atomic mass is 32.1. The summed E-state index contributed by atoms with van der Waals surface area (Å²) in [5.74, 6) is -0.0277. The summed E-state index contributed by atoms with van der Waals surface area (Å²) in [6.45, 7) is 5.35. The minimum Gasteiger partial charge on any atom is -0.392 e. The van der Waals surface area contributed by atoms with E-state index in [9.17, 15) is 9.90 Å². The molecule has 6 nitrogen and oxygen atoms in total. The summed E-state index contributed by atoms with van der Waals surface area (Å²) in [7, 11) is 0. The lowest BCUT2D eigenvalue weighted by atomic mass is 10.2. The minimum absolute atomic E-state index is 0.0277. The molecule has 1 aliphatic heterocycles. The first kappa shape index (κ1) is 16.0. The van der Waals surface area contributed by atoms with E-state index in [4.69, 9.17) is 0 Å². The van der Waals surface area contributed by atoms with Gasteiger partial charge in [0, 0.05) is 44.3 Å². The highest BCUT2D eigenvalue weighted by Gasteiger charge is 2.24. The van der Waals surface area contributed by atoms with Gasteiger partial charge in [-0.25, -0.2) is 4.98 Å². The van der Waals surface area contributed by atoms with Crippen molar-refractivity contribution in [2.45, 2.75) is 13.0 Å². The Balaban J connectivity index is 1.62. The van der Waals surface area contributed by atoms with Gasteiger partial charge < -0.3 is 10.0 Å². The zero-order chi connectivity index (χ0) is 16.2. The van der Waals surface area contributed by atoms with Crippen molar-refractivity contribution < 1.29 is 9.90 Å². The van der Waals surface area contributed by atoms with E-state index in [1.165, 1.54) is 11.3 Å². The predicted molar refractivity (Wildman–Crippen MR) is 89.4 cm³/mol. The second kappa shape index (κ2) is 7.16. The minimum atomic E-state index is -0.336. The highest BCUT2D eigenvalue weighted by molar-refractivity contribution is 7.13. The molecule has 122 valence electrons. The van der Waals surface area contributed by atoms with Crippen molar-refractivity contribution in [3.63, 3.8) is 0 Å². The molecule has 1 amide bonds. The number of rotatable bonds is 4. The number of aliphatic hydroxyl groups excluding tert-OH is 1. The molecule has 1 atom stereocenters. The van der Waals surface area contributed by atoms with Gasteiger partial charge in [0.25, 0.3) is 5.91 Å². The SMILES string of the molecule is CC(O)CN1CCN(C(=O)c2csc(-c3ccccn3)n2)CC1. The summed E-state index contributed by atoms with van der Waals surface area (Å²) in [5, 5.41) is 12.0. The Morgan fingerprint density at radius 3 is 2.78 bits per heavy atom. The molecule has 0 radical (unpaired) electrons. The molecule has 1 aliphatic rings. The maximum atomic E-state index is 12.6. The molecule has 1 saturated heterocycles. The fraction of sp³-hybridized carbons (Fsp3) is 0.438. The Morgan fingerprint density at radius 1 is 1.35 bits per heavy atom. The number of amides is 1. The Kier molecular flexibility index (Phi) is 5.00. The second-order valence-electron chi connectivity index (χ2n) is 5.69. The molecule has 1 unspecified atom stereocenters. The van der Waals surface area contributed by atoms with E-state index < -0.39 is 0 Å². The van der Waals surface area contributed by atoms with Gasteiger partial charge in [-0.2, -0.15) is 0 Å². The number of pyridine rings is 1. The van der Waals surface area contributed by atoms with Crippen molar-refractivity contribution in [3.8, 4) is 10.7 Å². The third-order valence-corrected chi connectivity index (χ3v) is 4.65. The van der Waals surface area contributed by atoms with Crippen LogP contribution in [0.1, 0.15) is 17.4 Å². The van der Waals surface area contributed by atoms with Crippen LogP contribution in [0.2, 0.25) is 0 Å². The lowest BCUT2D eigenvalue weighted by molar-refractivity contribution is 0.0550. The first-order chi connectivity index (χ1) is 11.1. The number of aromatic nitrogens is 2.